The highest BCUT2D eigenvalue weighted by Crippen LogP contribution is 2.38. The van der Waals surface area contributed by atoms with Crippen LogP contribution in [-0.4, -0.2) is 59.8 Å². The lowest BCUT2D eigenvalue weighted by Crippen LogP contribution is -2.66. The Hall–Kier alpha value is -3.97. The SMILES string of the molecule is CC(=O)OCC1OC(Sc2cc(Cl)cc(C#N)c2)C(OC=O)C(N(N)/C=C(\N)c2cc(F)c(F)c(F)c2)C1OC(C)=O. The van der Waals surface area contributed by atoms with Gasteiger partial charge in [-0.1, -0.05) is 23.4 Å². The number of carbonyl (C=O) groups is 3. The maximum atomic E-state index is 13.9. The normalized spacial score (nSPS) is 22.0. The summed E-state index contributed by atoms with van der Waals surface area (Å²) in [4.78, 5) is 35.7. The molecule has 3 rings (SSSR count). The Bertz CT molecular complexity index is 1400. The van der Waals surface area contributed by atoms with Crippen molar-refractivity contribution in [3.05, 3.63) is 70.1 Å². The number of esters is 2. The third kappa shape index (κ3) is 8.07. The largest absolute Gasteiger partial charge is 0.463 e. The predicted molar refractivity (Wildman–Crippen MR) is 142 cm³/mol. The van der Waals surface area contributed by atoms with Crippen LogP contribution < -0.4 is 11.6 Å². The number of carbonyl (C=O) groups excluding carboxylic acids is 3. The van der Waals surface area contributed by atoms with E-state index in [1.807, 2.05) is 6.07 Å². The molecule has 1 fully saturated rings. The highest BCUT2D eigenvalue weighted by Gasteiger charge is 2.52. The van der Waals surface area contributed by atoms with E-state index >= 15 is 0 Å². The molecule has 2 aromatic carbocycles. The van der Waals surface area contributed by atoms with Crippen LogP contribution in [-0.2, 0) is 33.3 Å². The van der Waals surface area contributed by atoms with Crippen molar-refractivity contribution in [1.82, 2.24) is 5.01 Å². The van der Waals surface area contributed by atoms with Crippen molar-refractivity contribution in [2.75, 3.05) is 6.61 Å². The van der Waals surface area contributed by atoms with Gasteiger partial charge in [0.15, 0.2) is 29.7 Å². The number of thioether (sulfide) groups is 1. The van der Waals surface area contributed by atoms with Crippen molar-refractivity contribution in [2.24, 2.45) is 11.6 Å². The molecule has 4 N–H and O–H groups in total. The third-order valence-corrected chi connectivity index (χ3v) is 7.12. The molecule has 5 atom stereocenters. The zero-order chi connectivity index (χ0) is 31.1. The zero-order valence-corrected chi connectivity index (χ0v) is 23.5. The number of nitrogens with two attached hydrogens (primary N) is 2. The summed E-state index contributed by atoms with van der Waals surface area (Å²) in [5, 5.41) is 10.4. The molecule has 11 nitrogen and oxygen atoms in total. The maximum absolute atomic E-state index is 13.9. The summed E-state index contributed by atoms with van der Waals surface area (Å²) in [5.41, 5.74) is 4.46. The van der Waals surface area contributed by atoms with Gasteiger partial charge in [0.05, 0.1) is 17.3 Å². The number of nitriles is 1. The number of halogens is 4. The molecular formula is C26H24ClF3N4O7S. The number of hydrazine groups is 1. The lowest BCUT2D eigenvalue weighted by atomic mass is 9.96. The first-order chi connectivity index (χ1) is 19.8. The van der Waals surface area contributed by atoms with Crippen LogP contribution in [0.5, 0.6) is 0 Å². The minimum Gasteiger partial charge on any atom is -0.463 e. The van der Waals surface area contributed by atoms with E-state index in [4.69, 9.17) is 42.1 Å². The summed E-state index contributed by atoms with van der Waals surface area (Å²) in [5.74, 6) is 0.103. The van der Waals surface area contributed by atoms with Crippen molar-refractivity contribution < 1.29 is 46.5 Å². The number of nitrogens with zero attached hydrogens (tertiary/aromatic N) is 2. The van der Waals surface area contributed by atoms with Crippen LogP contribution in [0.2, 0.25) is 5.02 Å². The summed E-state index contributed by atoms with van der Waals surface area (Å²) >= 11 is 7.09. The molecule has 2 aromatic rings. The Morgan fingerprint density at radius 1 is 1.14 bits per heavy atom. The van der Waals surface area contributed by atoms with Crippen molar-refractivity contribution in [3.8, 4) is 6.07 Å². The van der Waals surface area contributed by atoms with E-state index in [0.717, 1.165) is 36.8 Å². The van der Waals surface area contributed by atoms with Gasteiger partial charge < -0.3 is 29.7 Å². The second-order valence-corrected chi connectivity index (χ2v) is 10.4. The van der Waals surface area contributed by atoms with Crippen molar-refractivity contribution in [3.63, 3.8) is 0 Å². The first-order valence-corrected chi connectivity index (χ1v) is 13.2. The van der Waals surface area contributed by atoms with E-state index in [0.29, 0.717) is 17.0 Å². The molecule has 0 aromatic heterocycles. The third-order valence-electron chi connectivity index (χ3n) is 5.78. The van der Waals surface area contributed by atoms with Gasteiger partial charge in [-0.05, 0) is 30.3 Å². The van der Waals surface area contributed by atoms with Crippen LogP contribution in [0.1, 0.15) is 25.0 Å². The Balaban J connectivity index is 2.11. The van der Waals surface area contributed by atoms with Crippen LogP contribution in [0.3, 0.4) is 0 Å². The Morgan fingerprint density at radius 3 is 2.38 bits per heavy atom. The fourth-order valence-corrected chi connectivity index (χ4v) is 5.60. The molecule has 0 bridgehead atoms. The summed E-state index contributed by atoms with van der Waals surface area (Å²) < 4.78 is 63.1. The lowest BCUT2D eigenvalue weighted by molar-refractivity contribution is -0.211. The minimum atomic E-state index is -1.70. The topological polar surface area (TPSA) is 167 Å². The van der Waals surface area contributed by atoms with Crippen LogP contribution in [0.15, 0.2) is 41.4 Å². The lowest BCUT2D eigenvalue weighted by Gasteiger charge is -2.47. The first kappa shape index (κ1) is 32.5. The number of benzene rings is 2. The van der Waals surface area contributed by atoms with E-state index < -0.39 is 65.8 Å². The first-order valence-electron chi connectivity index (χ1n) is 11.9. The van der Waals surface area contributed by atoms with Gasteiger partial charge >= 0.3 is 11.9 Å². The van der Waals surface area contributed by atoms with Gasteiger partial charge in [-0.15, -0.1) is 0 Å². The second kappa shape index (κ2) is 14.3. The summed E-state index contributed by atoms with van der Waals surface area (Å²) in [6, 6.07) is 6.35. The van der Waals surface area contributed by atoms with Crippen LogP contribution in [0, 0.1) is 28.8 Å². The molecular weight excluding hydrogens is 605 g/mol. The molecule has 1 saturated heterocycles. The number of rotatable bonds is 10. The van der Waals surface area contributed by atoms with Gasteiger partial charge in [0.2, 0.25) is 0 Å². The molecule has 0 saturated carbocycles. The van der Waals surface area contributed by atoms with E-state index in [1.165, 1.54) is 18.2 Å². The molecule has 0 aliphatic carbocycles. The van der Waals surface area contributed by atoms with Crippen molar-refractivity contribution >= 4 is 47.5 Å². The Kier molecular flexibility index (Phi) is 11.1. The highest BCUT2D eigenvalue weighted by atomic mass is 35.5. The molecule has 0 spiro atoms. The average molecular weight is 629 g/mol. The van der Waals surface area contributed by atoms with Crippen LogP contribution >= 0.6 is 23.4 Å². The summed E-state index contributed by atoms with van der Waals surface area (Å²) in [6.07, 6.45) is -2.90. The van der Waals surface area contributed by atoms with Gasteiger partial charge in [0, 0.05) is 35.5 Å². The fraction of sp³-hybridized carbons (Fsp3) is 0.308. The molecule has 1 heterocycles. The van der Waals surface area contributed by atoms with E-state index in [-0.39, 0.29) is 28.3 Å². The average Bonchev–Trinajstić information content (AvgIpc) is 2.91. The molecule has 42 heavy (non-hydrogen) atoms. The summed E-state index contributed by atoms with van der Waals surface area (Å²) in [6.45, 7) is 1.88. The van der Waals surface area contributed by atoms with Crippen molar-refractivity contribution in [1.29, 1.82) is 5.26 Å². The quantitative estimate of drug-likeness (QED) is 0.0987. The highest BCUT2D eigenvalue weighted by molar-refractivity contribution is 7.99. The molecule has 1 aliphatic heterocycles. The molecule has 224 valence electrons. The van der Waals surface area contributed by atoms with Crippen molar-refractivity contribution in [2.45, 2.75) is 48.5 Å². The van der Waals surface area contributed by atoms with Gasteiger partial charge in [0.25, 0.3) is 6.47 Å². The predicted octanol–water partition coefficient (Wildman–Crippen LogP) is 2.98. The smallest absolute Gasteiger partial charge is 0.303 e. The molecule has 5 unspecified atom stereocenters. The van der Waals surface area contributed by atoms with Gasteiger partial charge in [-0.2, -0.15) is 5.26 Å². The van der Waals surface area contributed by atoms with Gasteiger partial charge in [0.1, 0.15) is 24.2 Å². The van der Waals surface area contributed by atoms with Gasteiger partial charge in [-0.3, -0.25) is 14.4 Å². The fourth-order valence-electron chi connectivity index (χ4n) is 4.08. The maximum Gasteiger partial charge on any atom is 0.303 e. The Morgan fingerprint density at radius 2 is 1.81 bits per heavy atom. The molecule has 0 amide bonds. The Labute approximate surface area is 247 Å². The van der Waals surface area contributed by atoms with E-state index in [2.05, 4.69) is 0 Å². The van der Waals surface area contributed by atoms with E-state index in [9.17, 15) is 32.8 Å². The summed E-state index contributed by atoms with van der Waals surface area (Å²) in [7, 11) is 0. The second-order valence-electron chi connectivity index (χ2n) is 8.80. The van der Waals surface area contributed by atoms with E-state index in [1.54, 1.807) is 0 Å². The van der Waals surface area contributed by atoms with Crippen LogP contribution in [0.4, 0.5) is 13.2 Å². The zero-order valence-electron chi connectivity index (χ0n) is 22.0. The number of hydrogen-bond acceptors (Lipinski definition) is 12. The number of hydrogen-bond donors (Lipinski definition) is 2. The monoisotopic (exact) mass is 628 g/mol. The number of ether oxygens (including phenoxy) is 4. The minimum absolute atomic E-state index is 0.0934. The van der Waals surface area contributed by atoms with Gasteiger partial charge in [-0.25, -0.2) is 19.0 Å². The molecule has 0 radical (unpaired) electrons. The standard InChI is InChI=1S/C26H24ClF3N4O7S/c1-12(36)38-10-21-24(40-13(2)37)23(34(33)9-20(32)15-5-18(28)22(30)19(29)6-15)25(39-11-35)26(41-21)42-17-4-14(8-31)3-16(27)7-17/h3-7,9,11,21,23-26H,10,32-33H2,1-2H3/b20-9-. The molecule has 1 aliphatic rings. The molecule has 16 heteroatoms. The van der Waals surface area contributed by atoms with Crippen LogP contribution in [0.25, 0.3) is 5.70 Å².